The quantitative estimate of drug-likeness (QED) is 0.815. The lowest BCUT2D eigenvalue weighted by Gasteiger charge is -2.04. The number of benzene rings is 1. The van der Waals surface area contributed by atoms with Crippen LogP contribution >= 0.6 is 0 Å². The van der Waals surface area contributed by atoms with Gasteiger partial charge < -0.3 is 10.8 Å². The average molecular weight is 273 g/mol. The van der Waals surface area contributed by atoms with E-state index in [0.29, 0.717) is 0 Å². The SMILES string of the molecule is CS(=O)(=O)[C@H]1[C@@H](c2cccc(F)c2)[C@@]1(N)C(=O)O. The lowest BCUT2D eigenvalue weighted by Crippen LogP contribution is -2.39. The summed E-state index contributed by atoms with van der Waals surface area (Å²) < 4.78 is 36.2. The number of halogens is 1. The second kappa shape index (κ2) is 3.76. The molecule has 1 fully saturated rings. The van der Waals surface area contributed by atoms with Gasteiger partial charge in [-0.25, -0.2) is 12.8 Å². The van der Waals surface area contributed by atoms with Crippen LogP contribution in [0, 0.1) is 5.82 Å². The maximum Gasteiger partial charge on any atom is 0.325 e. The molecule has 1 aliphatic rings. The van der Waals surface area contributed by atoms with Crippen molar-refractivity contribution in [1.29, 1.82) is 0 Å². The summed E-state index contributed by atoms with van der Waals surface area (Å²) in [6, 6.07) is 5.18. The number of hydrogen-bond acceptors (Lipinski definition) is 4. The first-order valence-electron chi connectivity index (χ1n) is 5.15. The number of rotatable bonds is 3. The Bertz CT molecular complexity index is 615. The second-order valence-electron chi connectivity index (χ2n) is 4.52. The van der Waals surface area contributed by atoms with Gasteiger partial charge in [-0.05, 0) is 17.7 Å². The lowest BCUT2D eigenvalue weighted by atomic mass is 10.1. The molecule has 0 aromatic heterocycles. The first-order valence-corrected chi connectivity index (χ1v) is 7.11. The summed E-state index contributed by atoms with van der Waals surface area (Å²) >= 11 is 0. The molecule has 0 heterocycles. The van der Waals surface area contributed by atoms with Gasteiger partial charge in [-0.2, -0.15) is 0 Å². The fourth-order valence-electron chi connectivity index (χ4n) is 2.38. The Morgan fingerprint density at radius 2 is 2.11 bits per heavy atom. The number of hydrogen-bond donors (Lipinski definition) is 2. The number of carboxylic acids is 1. The molecule has 1 aliphatic carbocycles. The van der Waals surface area contributed by atoms with Crippen LogP contribution in [0.5, 0.6) is 0 Å². The van der Waals surface area contributed by atoms with Crippen molar-refractivity contribution in [2.45, 2.75) is 16.7 Å². The Balaban J connectivity index is 2.49. The molecule has 0 radical (unpaired) electrons. The fourth-order valence-corrected chi connectivity index (χ4v) is 4.14. The molecule has 0 spiro atoms. The van der Waals surface area contributed by atoms with Crippen LogP contribution in [0.1, 0.15) is 11.5 Å². The smallest absolute Gasteiger partial charge is 0.325 e. The molecule has 0 aliphatic heterocycles. The average Bonchev–Trinajstić information content (AvgIpc) is 2.86. The van der Waals surface area contributed by atoms with Crippen LogP contribution in [-0.2, 0) is 14.6 Å². The monoisotopic (exact) mass is 273 g/mol. The molecule has 3 N–H and O–H groups in total. The normalized spacial score (nSPS) is 31.1. The molecular weight excluding hydrogens is 261 g/mol. The molecule has 0 saturated heterocycles. The van der Waals surface area contributed by atoms with Gasteiger partial charge in [0.15, 0.2) is 9.84 Å². The van der Waals surface area contributed by atoms with E-state index in [0.717, 1.165) is 12.3 Å². The molecule has 98 valence electrons. The van der Waals surface area contributed by atoms with E-state index in [4.69, 9.17) is 10.8 Å². The molecule has 2 rings (SSSR count). The molecule has 0 bridgehead atoms. The molecule has 1 aromatic carbocycles. The number of sulfone groups is 1. The molecule has 18 heavy (non-hydrogen) atoms. The minimum Gasteiger partial charge on any atom is -0.480 e. The minimum absolute atomic E-state index is 0.287. The zero-order valence-corrected chi connectivity index (χ0v) is 10.3. The van der Waals surface area contributed by atoms with Crippen LogP contribution in [0.25, 0.3) is 0 Å². The van der Waals surface area contributed by atoms with Crippen molar-refractivity contribution in [1.82, 2.24) is 0 Å². The molecule has 0 unspecified atom stereocenters. The molecule has 5 nitrogen and oxygen atoms in total. The predicted octanol–water partition coefficient (Wildman–Crippen LogP) is 0.118. The summed E-state index contributed by atoms with van der Waals surface area (Å²) in [4.78, 5) is 11.1. The zero-order chi connectivity index (χ0) is 13.7. The summed E-state index contributed by atoms with van der Waals surface area (Å²) in [6.45, 7) is 0. The number of carbonyl (C=O) groups is 1. The van der Waals surface area contributed by atoms with E-state index in [1.54, 1.807) is 0 Å². The Morgan fingerprint density at radius 3 is 2.50 bits per heavy atom. The van der Waals surface area contributed by atoms with Crippen LogP contribution < -0.4 is 5.73 Å². The Kier molecular flexibility index (Phi) is 2.71. The van der Waals surface area contributed by atoms with Gasteiger partial charge in [-0.1, -0.05) is 12.1 Å². The summed E-state index contributed by atoms with van der Waals surface area (Å²) in [5.74, 6) is -2.87. The topological polar surface area (TPSA) is 97.5 Å². The summed E-state index contributed by atoms with van der Waals surface area (Å²) in [5, 5.41) is 7.85. The van der Waals surface area contributed by atoms with Crippen molar-refractivity contribution in [3.05, 3.63) is 35.6 Å². The van der Waals surface area contributed by atoms with E-state index in [1.165, 1.54) is 18.2 Å². The van der Waals surface area contributed by atoms with Gasteiger partial charge in [0.1, 0.15) is 11.4 Å². The number of carboxylic acid groups (broad SMARTS) is 1. The van der Waals surface area contributed by atoms with Crippen LogP contribution in [-0.4, -0.2) is 36.5 Å². The van der Waals surface area contributed by atoms with Crippen molar-refractivity contribution in [2.24, 2.45) is 5.73 Å². The largest absolute Gasteiger partial charge is 0.480 e. The predicted molar refractivity (Wildman–Crippen MR) is 62.3 cm³/mol. The van der Waals surface area contributed by atoms with E-state index in [-0.39, 0.29) is 5.56 Å². The third-order valence-corrected chi connectivity index (χ3v) is 4.80. The van der Waals surface area contributed by atoms with Crippen molar-refractivity contribution >= 4 is 15.8 Å². The number of aliphatic carboxylic acids is 1. The van der Waals surface area contributed by atoms with Gasteiger partial charge in [0.25, 0.3) is 0 Å². The Hall–Kier alpha value is -1.47. The molecule has 7 heteroatoms. The number of nitrogens with two attached hydrogens (primary N) is 1. The molecular formula is C11H12FNO4S. The highest BCUT2D eigenvalue weighted by Gasteiger charge is 2.73. The van der Waals surface area contributed by atoms with E-state index in [1.807, 2.05) is 0 Å². The highest BCUT2D eigenvalue weighted by molar-refractivity contribution is 7.91. The van der Waals surface area contributed by atoms with Crippen LogP contribution in [0.15, 0.2) is 24.3 Å². The van der Waals surface area contributed by atoms with E-state index < -0.39 is 38.3 Å². The van der Waals surface area contributed by atoms with Gasteiger partial charge in [-0.3, -0.25) is 4.79 Å². The van der Waals surface area contributed by atoms with Gasteiger partial charge in [0.05, 0.1) is 5.25 Å². The van der Waals surface area contributed by atoms with E-state index in [9.17, 15) is 17.6 Å². The van der Waals surface area contributed by atoms with Crippen molar-refractivity contribution in [3.63, 3.8) is 0 Å². The van der Waals surface area contributed by atoms with Crippen LogP contribution in [0.3, 0.4) is 0 Å². The zero-order valence-electron chi connectivity index (χ0n) is 9.50. The summed E-state index contributed by atoms with van der Waals surface area (Å²) in [5.41, 5.74) is 4.06. The van der Waals surface area contributed by atoms with Gasteiger partial charge >= 0.3 is 5.97 Å². The third-order valence-electron chi connectivity index (χ3n) is 3.22. The Morgan fingerprint density at radius 1 is 1.50 bits per heavy atom. The Labute approximate surface area is 103 Å². The van der Waals surface area contributed by atoms with Crippen LogP contribution in [0.4, 0.5) is 4.39 Å². The maximum absolute atomic E-state index is 13.1. The molecule has 1 aromatic rings. The standard InChI is InChI=1S/C11H12FNO4S/c1-18(16,17)9-8(11(9,13)10(14)15)6-3-2-4-7(12)5-6/h2-5,8-9H,13H2,1H3,(H,14,15)/t8-,9+,11+/m1/s1. The highest BCUT2D eigenvalue weighted by atomic mass is 32.2. The second-order valence-corrected chi connectivity index (χ2v) is 6.69. The third kappa shape index (κ3) is 1.79. The van der Waals surface area contributed by atoms with Crippen molar-refractivity contribution in [2.75, 3.05) is 6.26 Å². The van der Waals surface area contributed by atoms with Gasteiger partial charge in [-0.15, -0.1) is 0 Å². The molecule has 1 saturated carbocycles. The van der Waals surface area contributed by atoms with Gasteiger partial charge in [0.2, 0.25) is 0 Å². The van der Waals surface area contributed by atoms with Crippen LogP contribution in [0.2, 0.25) is 0 Å². The minimum atomic E-state index is -3.62. The van der Waals surface area contributed by atoms with Crippen molar-refractivity contribution < 1.29 is 22.7 Å². The first-order chi connectivity index (χ1) is 8.19. The van der Waals surface area contributed by atoms with E-state index >= 15 is 0 Å². The molecule has 3 atom stereocenters. The maximum atomic E-state index is 13.1. The fraction of sp³-hybridized carbons (Fsp3) is 0.364. The van der Waals surface area contributed by atoms with Gasteiger partial charge in [0, 0.05) is 12.2 Å². The summed E-state index contributed by atoms with van der Waals surface area (Å²) in [7, 11) is -3.62. The molecule has 0 amide bonds. The first kappa shape index (κ1) is 13.0. The lowest BCUT2D eigenvalue weighted by molar-refractivity contribution is -0.139. The van der Waals surface area contributed by atoms with E-state index in [2.05, 4.69) is 0 Å². The summed E-state index contributed by atoms with van der Waals surface area (Å²) in [6.07, 6.45) is 0.932. The highest BCUT2D eigenvalue weighted by Crippen LogP contribution is 2.54. The van der Waals surface area contributed by atoms with Crippen molar-refractivity contribution in [3.8, 4) is 0 Å².